The number of hydrogen-bond donors (Lipinski definition) is 3. The molecule has 0 saturated heterocycles. The molecule has 3 N–H and O–H groups in total. The van der Waals surface area contributed by atoms with Crippen molar-refractivity contribution < 1.29 is 15.0 Å². The molecule has 0 fully saturated rings. The Labute approximate surface area is 125 Å². The van der Waals surface area contributed by atoms with Gasteiger partial charge in [0, 0.05) is 5.56 Å². The van der Waals surface area contributed by atoms with Crippen molar-refractivity contribution in [3.63, 3.8) is 0 Å². The van der Waals surface area contributed by atoms with E-state index in [1.165, 1.54) is 12.1 Å². The number of carboxylic acid groups (broad SMARTS) is 1. The molecule has 0 saturated carbocycles. The van der Waals surface area contributed by atoms with E-state index in [0.717, 1.165) is 0 Å². The van der Waals surface area contributed by atoms with E-state index in [-0.39, 0.29) is 17.0 Å². The highest BCUT2D eigenvalue weighted by atomic mass is 35.5. The number of aromatic hydroxyl groups is 1. The number of hydrogen-bond acceptors (Lipinski definition) is 3. The van der Waals surface area contributed by atoms with E-state index in [1.807, 2.05) is 0 Å². The van der Waals surface area contributed by atoms with Crippen molar-refractivity contribution in [2.24, 2.45) is 0 Å². The molecular formula is C14H11Cl2NO3. The van der Waals surface area contributed by atoms with Crippen molar-refractivity contribution in [2.45, 2.75) is 6.92 Å². The number of rotatable bonds is 3. The van der Waals surface area contributed by atoms with Crippen LogP contribution in [0.5, 0.6) is 5.75 Å². The normalized spacial score (nSPS) is 10.3. The average Bonchev–Trinajstić information content (AvgIpc) is 2.38. The quantitative estimate of drug-likeness (QED) is 0.783. The number of para-hydroxylation sites is 1. The molecule has 4 nitrogen and oxygen atoms in total. The number of phenolic OH excluding ortho intramolecular Hbond substituents is 1. The molecule has 0 aromatic heterocycles. The Hall–Kier alpha value is -1.91. The summed E-state index contributed by atoms with van der Waals surface area (Å²) in [4.78, 5) is 11.3. The van der Waals surface area contributed by atoms with Gasteiger partial charge < -0.3 is 15.5 Å². The highest BCUT2D eigenvalue weighted by Gasteiger charge is 2.17. The van der Waals surface area contributed by atoms with Crippen LogP contribution in [-0.2, 0) is 0 Å². The number of anilines is 2. The fourth-order valence-electron chi connectivity index (χ4n) is 1.78. The standard InChI is InChI=1S/C14H11Cl2NO3/c1-7-11(18)6-5-8(14(19)20)12(7)17-13-9(15)3-2-4-10(13)16/h2-6,17-18H,1H3,(H,19,20). The molecule has 20 heavy (non-hydrogen) atoms. The van der Waals surface area contributed by atoms with Crippen LogP contribution in [0.3, 0.4) is 0 Å². The third-order valence-corrected chi connectivity index (χ3v) is 3.51. The zero-order valence-corrected chi connectivity index (χ0v) is 12.0. The molecule has 0 atom stereocenters. The van der Waals surface area contributed by atoms with E-state index in [0.29, 0.717) is 21.3 Å². The van der Waals surface area contributed by atoms with Crippen molar-refractivity contribution in [3.8, 4) is 5.75 Å². The van der Waals surface area contributed by atoms with Crippen molar-refractivity contribution >= 4 is 40.5 Å². The first-order valence-corrected chi connectivity index (χ1v) is 6.44. The van der Waals surface area contributed by atoms with Gasteiger partial charge in [-0.2, -0.15) is 0 Å². The second kappa shape index (κ2) is 5.61. The Morgan fingerprint density at radius 3 is 2.25 bits per heavy atom. The Morgan fingerprint density at radius 1 is 1.10 bits per heavy atom. The molecule has 0 spiro atoms. The maximum atomic E-state index is 11.3. The van der Waals surface area contributed by atoms with Gasteiger partial charge >= 0.3 is 5.97 Å². The second-order valence-electron chi connectivity index (χ2n) is 4.16. The Bertz CT molecular complexity index is 666. The fraction of sp³-hybridized carbons (Fsp3) is 0.0714. The summed E-state index contributed by atoms with van der Waals surface area (Å²) in [5, 5.41) is 22.5. The Kier molecular flexibility index (Phi) is 4.06. The topological polar surface area (TPSA) is 69.6 Å². The minimum Gasteiger partial charge on any atom is -0.508 e. The zero-order valence-electron chi connectivity index (χ0n) is 10.4. The van der Waals surface area contributed by atoms with Gasteiger partial charge in [-0.25, -0.2) is 4.79 Å². The first-order chi connectivity index (χ1) is 9.41. The summed E-state index contributed by atoms with van der Waals surface area (Å²) in [6.07, 6.45) is 0. The second-order valence-corrected chi connectivity index (χ2v) is 4.97. The lowest BCUT2D eigenvalue weighted by Gasteiger charge is -2.15. The predicted octanol–water partition coefficient (Wildman–Crippen LogP) is 4.45. The van der Waals surface area contributed by atoms with Gasteiger partial charge in [-0.1, -0.05) is 29.3 Å². The lowest BCUT2D eigenvalue weighted by Crippen LogP contribution is -2.05. The molecule has 0 aliphatic rings. The van der Waals surface area contributed by atoms with Crippen LogP contribution in [0.1, 0.15) is 15.9 Å². The highest BCUT2D eigenvalue weighted by molar-refractivity contribution is 6.39. The Morgan fingerprint density at radius 2 is 1.70 bits per heavy atom. The third-order valence-electron chi connectivity index (χ3n) is 2.88. The van der Waals surface area contributed by atoms with E-state index in [1.54, 1.807) is 25.1 Å². The van der Waals surface area contributed by atoms with E-state index in [2.05, 4.69) is 5.32 Å². The van der Waals surface area contributed by atoms with Crippen LogP contribution in [0.25, 0.3) is 0 Å². The summed E-state index contributed by atoms with van der Waals surface area (Å²) in [7, 11) is 0. The molecule has 0 radical (unpaired) electrons. The van der Waals surface area contributed by atoms with Gasteiger partial charge in [0.1, 0.15) is 5.75 Å². The molecule has 0 amide bonds. The maximum Gasteiger partial charge on any atom is 0.337 e. The van der Waals surface area contributed by atoms with Gasteiger partial charge in [0.05, 0.1) is 27.0 Å². The van der Waals surface area contributed by atoms with Crippen LogP contribution in [0.4, 0.5) is 11.4 Å². The summed E-state index contributed by atoms with van der Waals surface area (Å²) < 4.78 is 0. The Balaban J connectivity index is 2.58. The first kappa shape index (κ1) is 14.5. The SMILES string of the molecule is Cc1c(O)ccc(C(=O)O)c1Nc1c(Cl)cccc1Cl. The molecule has 104 valence electrons. The van der Waals surface area contributed by atoms with Gasteiger partial charge in [0.25, 0.3) is 0 Å². The van der Waals surface area contributed by atoms with Crippen LogP contribution in [0, 0.1) is 6.92 Å². The molecule has 0 unspecified atom stereocenters. The van der Waals surface area contributed by atoms with Crippen LogP contribution in [0.2, 0.25) is 10.0 Å². The molecule has 0 heterocycles. The molecule has 0 aliphatic heterocycles. The predicted molar refractivity (Wildman–Crippen MR) is 79.5 cm³/mol. The number of nitrogens with one attached hydrogen (secondary N) is 1. The molecule has 6 heteroatoms. The summed E-state index contributed by atoms with van der Waals surface area (Å²) in [5.41, 5.74) is 1.08. The van der Waals surface area contributed by atoms with Crippen LogP contribution in [0.15, 0.2) is 30.3 Å². The van der Waals surface area contributed by atoms with Gasteiger partial charge in [-0.15, -0.1) is 0 Å². The van der Waals surface area contributed by atoms with Gasteiger partial charge in [0.15, 0.2) is 0 Å². The lowest BCUT2D eigenvalue weighted by molar-refractivity contribution is 0.0698. The number of halogens is 2. The molecule has 0 bridgehead atoms. The van der Waals surface area contributed by atoms with Crippen LogP contribution in [-0.4, -0.2) is 16.2 Å². The summed E-state index contributed by atoms with van der Waals surface area (Å²) in [6, 6.07) is 7.60. The van der Waals surface area contributed by atoms with Gasteiger partial charge in [-0.05, 0) is 31.2 Å². The van der Waals surface area contributed by atoms with Crippen molar-refractivity contribution in [2.75, 3.05) is 5.32 Å². The van der Waals surface area contributed by atoms with Crippen molar-refractivity contribution in [1.29, 1.82) is 0 Å². The molecule has 2 aromatic carbocycles. The maximum absolute atomic E-state index is 11.3. The van der Waals surface area contributed by atoms with Crippen LogP contribution < -0.4 is 5.32 Å². The van der Waals surface area contributed by atoms with Crippen LogP contribution >= 0.6 is 23.2 Å². The number of carboxylic acids is 1. The molecule has 0 aliphatic carbocycles. The summed E-state index contributed by atoms with van der Waals surface area (Å²) in [5.74, 6) is -1.13. The minimum atomic E-state index is -1.11. The van der Waals surface area contributed by atoms with E-state index >= 15 is 0 Å². The first-order valence-electron chi connectivity index (χ1n) is 5.68. The number of aromatic carboxylic acids is 1. The third kappa shape index (κ3) is 2.66. The van der Waals surface area contributed by atoms with Gasteiger partial charge in [-0.3, -0.25) is 0 Å². The lowest BCUT2D eigenvalue weighted by atomic mass is 10.1. The number of phenols is 1. The van der Waals surface area contributed by atoms with Gasteiger partial charge in [0.2, 0.25) is 0 Å². The molecule has 2 rings (SSSR count). The summed E-state index contributed by atoms with van der Waals surface area (Å²) in [6.45, 7) is 1.61. The van der Waals surface area contributed by atoms with Crippen molar-refractivity contribution in [1.82, 2.24) is 0 Å². The zero-order chi connectivity index (χ0) is 14.9. The summed E-state index contributed by atoms with van der Waals surface area (Å²) >= 11 is 12.1. The number of carbonyl (C=O) groups is 1. The largest absolute Gasteiger partial charge is 0.508 e. The highest BCUT2D eigenvalue weighted by Crippen LogP contribution is 2.37. The minimum absolute atomic E-state index is 0.0133. The fourth-order valence-corrected chi connectivity index (χ4v) is 2.27. The average molecular weight is 312 g/mol. The van der Waals surface area contributed by atoms with Crippen molar-refractivity contribution in [3.05, 3.63) is 51.5 Å². The smallest absolute Gasteiger partial charge is 0.337 e. The van der Waals surface area contributed by atoms with E-state index in [9.17, 15) is 15.0 Å². The number of benzene rings is 2. The van der Waals surface area contributed by atoms with E-state index in [4.69, 9.17) is 23.2 Å². The van der Waals surface area contributed by atoms with E-state index < -0.39 is 5.97 Å². The monoisotopic (exact) mass is 311 g/mol. The molecule has 2 aromatic rings. The molecular weight excluding hydrogens is 301 g/mol.